The smallest absolute Gasteiger partial charge is 0.191 e. The number of guanidine groups is 1. The summed E-state index contributed by atoms with van der Waals surface area (Å²) in [6.07, 6.45) is 3.72. The quantitative estimate of drug-likeness (QED) is 0.613. The molecule has 0 saturated carbocycles. The molecule has 2 atom stereocenters. The number of nitrogens with zero attached hydrogens (tertiary/aromatic N) is 3. The van der Waals surface area contributed by atoms with Crippen molar-refractivity contribution in [2.45, 2.75) is 46.1 Å². The van der Waals surface area contributed by atoms with E-state index in [9.17, 15) is 0 Å². The third kappa shape index (κ3) is 5.81. The van der Waals surface area contributed by atoms with Crippen molar-refractivity contribution in [1.82, 2.24) is 9.80 Å². The Bertz CT molecular complexity index is 286. The van der Waals surface area contributed by atoms with Gasteiger partial charge in [-0.2, -0.15) is 0 Å². The molecule has 1 aliphatic rings. The molecule has 4 nitrogen and oxygen atoms in total. The third-order valence-electron chi connectivity index (χ3n) is 3.92. The zero-order chi connectivity index (χ0) is 14.4. The summed E-state index contributed by atoms with van der Waals surface area (Å²) in [5, 5.41) is 0. The van der Waals surface area contributed by atoms with Gasteiger partial charge < -0.3 is 15.5 Å². The van der Waals surface area contributed by atoms with E-state index >= 15 is 0 Å². The van der Waals surface area contributed by atoms with Crippen LogP contribution in [0.15, 0.2) is 4.99 Å². The summed E-state index contributed by atoms with van der Waals surface area (Å²) in [4.78, 5) is 9.14. The highest BCUT2D eigenvalue weighted by molar-refractivity contribution is 5.78. The molecule has 112 valence electrons. The Labute approximate surface area is 119 Å². The first kappa shape index (κ1) is 16.3. The lowest BCUT2D eigenvalue weighted by Gasteiger charge is -2.32. The van der Waals surface area contributed by atoms with Crippen molar-refractivity contribution < 1.29 is 0 Å². The van der Waals surface area contributed by atoms with Crippen molar-refractivity contribution in [3.05, 3.63) is 0 Å². The van der Waals surface area contributed by atoms with Gasteiger partial charge in [0.05, 0.1) is 6.54 Å². The van der Waals surface area contributed by atoms with Gasteiger partial charge in [0.2, 0.25) is 0 Å². The number of likely N-dealkylation sites (N-methyl/N-ethyl adjacent to an activating group) is 1. The first-order valence-corrected chi connectivity index (χ1v) is 7.61. The zero-order valence-electron chi connectivity index (χ0n) is 13.4. The van der Waals surface area contributed by atoms with Crippen LogP contribution in [0.25, 0.3) is 0 Å². The van der Waals surface area contributed by atoms with Gasteiger partial charge in [-0.3, -0.25) is 4.99 Å². The second-order valence-corrected chi connectivity index (χ2v) is 6.64. The van der Waals surface area contributed by atoms with Gasteiger partial charge >= 0.3 is 0 Å². The first-order chi connectivity index (χ1) is 8.90. The maximum atomic E-state index is 6.15. The van der Waals surface area contributed by atoms with E-state index in [0.29, 0.717) is 12.0 Å². The minimum atomic E-state index is 0.487. The molecule has 0 bridgehead atoms. The zero-order valence-corrected chi connectivity index (χ0v) is 13.4. The molecule has 0 spiro atoms. The van der Waals surface area contributed by atoms with Crippen LogP contribution >= 0.6 is 0 Å². The van der Waals surface area contributed by atoms with E-state index in [-0.39, 0.29) is 0 Å². The van der Waals surface area contributed by atoms with Crippen LogP contribution in [0.2, 0.25) is 0 Å². The Morgan fingerprint density at radius 1 is 1.42 bits per heavy atom. The minimum Gasteiger partial charge on any atom is -0.370 e. The SMILES string of the molecule is CC(C)CC(CN=C(N)N1CCCC(C)C1)N(C)C. The summed E-state index contributed by atoms with van der Waals surface area (Å²) >= 11 is 0. The van der Waals surface area contributed by atoms with Crippen molar-refractivity contribution in [3.8, 4) is 0 Å². The molecule has 2 N–H and O–H groups in total. The van der Waals surface area contributed by atoms with E-state index in [1.807, 2.05) is 0 Å². The third-order valence-corrected chi connectivity index (χ3v) is 3.92. The summed E-state index contributed by atoms with van der Waals surface area (Å²) in [6.45, 7) is 9.75. The fourth-order valence-electron chi connectivity index (χ4n) is 2.69. The maximum absolute atomic E-state index is 6.15. The van der Waals surface area contributed by atoms with Crippen LogP contribution in [0, 0.1) is 11.8 Å². The predicted octanol–water partition coefficient (Wildman–Crippen LogP) is 2.01. The lowest BCUT2D eigenvalue weighted by atomic mass is 10.0. The van der Waals surface area contributed by atoms with E-state index in [0.717, 1.165) is 31.5 Å². The van der Waals surface area contributed by atoms with Crippen molar-refractivity contribution in [2.24, 2.45) is 22.6 Å². The highest BCUT2D eigenvalue weighted by Gasteiger charge is 2.18. The van der Waals surface area contributed by atoms with Crippen molar-refractivity contribution in [1.29, 1.82) is 0 Å². The fourth-order valence-corrected chi connectivity index (χ4v) is 2.69. The monoisotopic (exact) mass is 268 g/mol. The summed E-state index contributed by atoms with van der Waals surface area (Å²) in [5.41, 5.74) is 6.15. The average molecular weight is 268 g/mol. The molecule has 0 aliphatic carbocycles. The van der Waals surface area contributed by atoms with Crippen LogP contribution in [0.4, 0.5) is 0 Å². The summed E-state index contributed by atoms with van der Waals surface area (Å²) in [6, 6.07) is 0.487. The van der Waals surface area contributed by atoms with Crippen molar-refractivity contribution in [3.63, 3.8) is 0 Å². The van der Waals surface area contributed by atoms with Crippen molar-refractivity contribution >= 4 is 5.96 Å². The molecular weight excluding hydrogens is 236 g/mol. The molecule has 2 unspecified atom stereocenters. The van der Waals surface area contributed by atoms with E-state index in [4.69, 9.17) is 5.73 Å². The molecular formula is C15H32N4. The van der Waals surface area contributed by atoms with E-state index in [1.54, 1.807) is 0 Å². The molecule has 1 saturated heterocycles. The number of piperidine rings is 1. The second kappa shape index (κ2) is 7.73. The molecule has 1 aliphatic heterocycles. The largest absolute Gasteiger partial charge is 0.370 e. The van der Waals surface area contributed by atoms with Crippen molar-refractivity contribution in [2.75, 3.05) is 33.7 Å². The molecule has 0 aromatic rings. The fraction of sp³-hybridized carbons (Fsp3) is 0.933. The van der Waals surface area contributed by atoms with Gasteiger partial charge in [0.25, 0.3) is 0 Å². The highest BCUT2D eigenvalue weighted by atomic mass is 15.3. The van der Waals surface area contributed by atoms with E-state index in [2.05, 4.69) is 49.7 Å². The maximum Gasteiger partial charge on any atom is 0.191 e. The Morgan fingerprint density at radius 3 is 2.63 bits per heavy atom. The summed E-state index contributed by atoms with van der Waals surface area (Å²) in [7, 11) is 4.25. The second-order valence-electron chi connectivity index (χ2n) is 6.64. The van der Waals surface area contributed by atoms with Gasteiger partial charge in [0.15, 0.2) is 5.96 Å². The Kier molecular flexibility index (Phi) is 6.63. The molecule has 0 aromatic carbocycles. The molecule has 0 amide bonds. The van der Waals surface area contributed by atoms with Crippen LogP contribution in [0.1, 0.15) is 40.0 Å². The standard InChI is InChI=1S/C15H32N4/c1-12(2)9-14(18(4)5)10-17-15(16)19-8-6-7-13(3)11-19/h12-14H,6-11H2,1-5H3,(H2,16,17). The minimum absolute atomic E-state index is 0.487. The van der Waals surface area contributed by atoms with Gasteiger partial charge in [-0.1, -0.05) is 20.8 Å². The normalized spacial score (nSPS) is 23.2. The van der Waals surface area contributed by atoms with Crippen LogP contribution in [0.5, 0.6) is 0 Å². The van der Waals surface area contributed by atoms with Gasteiger partial charge in [-0.25, -0.2) is 0 Å². The number of nitrogens with two attached hydrogens (primary N) is 1. The Balaban J connectivity index is 2.52. The average Bonchev–Trinajstić information content (AvgIpc) is 2.33. The number of hydrogen-bond acceptors (Lipinski definition) is 2. The first-order valence-electron chi connectivity index (χ1n) is 7.61. The van der Waals surface area contributed by atoms with Crippen LogP contribution < -0.4 is 5.73 Å². The molecule has 1 fully saturated rings. The van der Waals surface area contributed by atoms with Gasteiger partial charge in [-0.05, 0) is 45.2 Å². The Morgan fingerprint density at radius 2 is 2.11 bits per heavy atom. The summed E-state index contributed by atoms with van der Waals surface area (Å²) < 4.78 is 0. The highest BCUT2D eigenvalue weighted by Crippen LogP contribution is 2.15. The van der Waals surface area contributed by atoms with E-state index in [1.165, 1.54) is 19.3 Å². The van der Waals surface area contributed by atoms with E-state index < -0.39 is 0 Å². The lowest BCUT2D eigenvalue weighted by Crippen LogP contribution is -2.44. The van der Waals surface area contributed by atoms with Gasteiger partial charge in [-0.15, -0.1) is 0 Å². The predicted molar refractivity (Wildman–Crippen MR) is 83.4 cm³/mol. The van der Waals surface area contributed by atoms with Gasteiger partial charge in [0.1, 0.15) is 0 Å². The van der Waals surface area contributed by atoms with Crippen LogP contribution in [0.3, 0.4) is 0 Å². The molecule has 1 rings (SSSR count). The molecule has 1 heterocycles. The molecule has 4 heteroatoms. The molecule has 19 heavy (non-hydrogen) atoms. The van der Waals surface area contributed by atoms with Gasteiger partial charge in [0, 0.05) is 19.1 Å². The summed E-state index contributed by atoms with van der Waals surface area (Å²) in [5.74, 6) is 2.17. The number of likely N-dealkylation sites (tertiary alicyclic amines) is 1. The van der Waals surface area contributed by atoms with Crippen LogP contribution in [-0.4, -0.2) is 55.5 Å². The molecule has 0 aromatic heterocycles. The molecule has 0 radical (unpaired) electrons. The number of rotatable bonds is 5. The van der Waals surface area contributed by atoms with Crippen LogP contribution in [-0.2, 0) is 0 Å². The number of hydrogen-bond donors (Lipinski definition) is 1. The topological polar surface area (TPSA) is 44.9 Å². The number of aliphatic imine (C=N–C) groups is 1. The Hall–Kier alpha value is -0.770. The lowest BCUT2D eigenvalue weighted by molar-refractivity contribution is 0.254.